The van der Waals surface area contributed by atoms with E-state index >= 15 is 0 Å². The van der Waals surface area contributed by atoms with Crippen molar-refractivity contribution in [3.63, 3.8) is 0 Å². The Morgan fingerprint density at radius 2 is 1.74 bits per heavy atom. The van der Waals surface area contributed by atoms with Gasteiger partial charge in [-0.15, -0.1) is 0 Å². The molecule has 1 aromatic carbocycles. The highest BCUT2D eigenvalue weighted by Crippen LogP contribution is 2.28. The average Bonchev–Trinajstić information content (AvgIpc) is 2.38. The molecule has 104 valence electrons. The fourth-order valence-electron chi connectivity index (χ4n) is 2.53. The normalized spacial score (nSPS) is 23.2. The topological polar surface area (TPSA) is 46.3 Å². The first-order chi connectivity index (χ1) is 9.00. The summed E-state index contributed by atoms with van der Waals surface area (Å²) in [6.45, 7) is 0. The molecule has 0 radical (unpaired) electrons. The number of rotatable bonds is 2. The second-order valence-corrected chi connectivity index (χ2v) is 5.90. The fourth-order valence-corrected chi connectivity index (χ4v) is 3.09. The molecule has 0 aliphatic heterocycles. The van der Waals surface area contributed by atoms with Crippen molar-refractivity contribution in [2.24, 2.45) is 5.73 Å². The number of carbonyl (C=O) groups excluding carboxylic acids is 1. The van der Waals surface area contributed by atoms with Crippen molar-refractivity contribution in [1.82, 2.24) is 4.90 Å². The van der Waals surface area contributed by atoms with Crippen LogP contribution in [0.25, 0.3) is 0 Å². The molecule has 5 heteroatoms. The Labute approximate surface area is 123 Å². The van der Waals surface area contributed by atoms with Gasteiger partial charge in [-0.05, 0) is 37.8 Å². The highest BCUT2D eigenvalue weighted by atomic mass is 35.5. The molecule has 1 aliphatic rings. The van der Waals surface area contributed by atoms with E-state index in [-0.39, 0.29) is 18.0 Å². The summed E-state index contributed by atoms with van der Waals surface area (Å²) in [5.41, 5.74) is 6.28. The third-order valence-electron chi connectivity index (χ3n) is 3.79. The Morgan fingerprint density at radius 3 is 2.26 bits per heavy atom. The maximum atomic E-state index is 12.5. The molecule has 2 rings (SSSR count). The van der Waals surface area contributed by atoms with Gasteiger partial charge in [-0.2, -0.15) is 0 Å². The first kappa shape index (κ1) is 14.6. The van der Waals surface area contributed by atoms with Crippen LogP contribution in [0.1, 0.15) is 36.0 Å². The van der Waals surface area contributed by atoms with Crippen molar-refractivity contribution in [1.29, 1.82) is 0 Å². The lowest BCUT2D eigenvalue weighted by molar-refractivity contribution is 0.0690. The van der Waals surface area contributed by atoms with Crippen LogP contribution in [-0.4, -0.2) is 29.9 Å². The van der Waals surface area contributed by atoms with Gasteiger partial charge in [0, 0.05) is 19.1 Å². The van der Waals surface area contributed by atoms with E-state index in [4.69, 9.17) is 28.9 Å². The number of hydrogen-bond donors (Lipinski definition) is 1. The summed E-state index contributed by atoms with van der Waals surface area (Å²) in [6.07, 6.45) is 3.79. The monoisotopic (exact) mass is 300 g/mol. The lowest BCUT2D eigenvalue weighted by Gasteiger charge is -2.33. The Balaban J connectivity index is 2.15. The van der Waals surface area contributed by atoms with Crippen LogP contribution in [0.3, 0.4) is 0 Å². The van der Waals surface area contributed by atoms with Crippen molar-refractivity contribution < 1.29 is 4.79 Å². The molecule has 1 aromatic rings. The van der Waals surface area contributed by atoms with E-state index in [9.17, 15) is 4.79 Å². The van der Waals surface area contributed by atoms with Crippen molar-refractivity contribution in [3.05, 3.63) is 33.8 Å². The molecule has 0 spiro atoms. The predicted octanol–water partition coefficient (Wildman–Crippen LogP) is 3.34. The quantitative estimate of drug-likeness (QED) is 0.910. The first-order valence-corrected chi connectivity index (χ1v) is 7.23. The molecule has 1 fully saturated rings. The Bertz CT molecular complexity index is 450. The Hall–Kier alpha value is -0.770. The highest BCUT2D eigenvalue weighted by Gasteiger charge is 2.27. The van der Waals surface area contributed by atoms with E-state index < -0.39 is 0 Å². The van der Waals surface area contributed by atoms with E-state index in [1.165, 1.54) is 0 Å². The summed E-state index contributed by atoms with van der Waals surface area (Å²) in [5.74, 6) is -0.115. The molecule has 0 heterocycles. The minimum Gasteiger partial charge on any atom is -0.339 e. The zero-order valence-corrected chi connectivity index (χ0v) is 12.4. The van der Waals surface area contributed by atoms with Gasteiger partial charge < -0.3 is 10.6 Å². The molecule has 0 bridgehead atoms. The largest absolute Gasteiger partial charge is 0.339 e. The van der Waals surface area contributed by atoms with Gasteiger partial charge in [0.25, 0.3) is 5.91 Å². The van der Waals surface area contributed by atoms with Crippen LogP contribution >= 0.6 is 23.2 Å². The summed E-state index contributed by atoms with van der Waals surface area (Å²) in [7, 11) is 1.81. The number of nitrogens with two attached hydrogens (primary N) is 1. The molecule has 19 heavy (non-hydrogen) atoms. The smallest absolute Gasteiger partial charge is 0.256 e. The van der Waals surface area contributed by atoms with Gasteiger partial charge in [0.05, 0.1) is 15.6 Å². The fraction of sp³-hybridized carbons (Fsp3) is 0.500. The van der Waals surface area contributed by atoms with E-state index in [0.717, 1.165) is 25.7 Å². The van der Waals surface area contributed by atoms with Gasteiger partial charge in [-0.25, -0.2) is 0 Å². The van der Waals surface area contributed by atoms with E-state index in [0.29, 0.717) is 15.6 Å². The zero-order chi connectivity index (χ0) is 14.0. The van der Waals surface area contributed by atoms with Crippen LogP contribution in [0.15, 0.2) is 18.2 Å². The highest BCUT2D eigenvalue weighted by molar-refractivity contribution is 6.39. The van der Waals surface area contributed by atoms with Crippen LogP contribution < -0.4 is 5.73 Å². The van der Waals surface area contributed by atoms with Gasteiger partial charge in [-0.3, -0.25) is 4.79 Å². The Morgan fingerprint density at radius 1 is 1.21 bits per heavy atom. The van der Waals surface area contributed by atoms with Crippen LogP contribution in [0.2, 0.25) is 10.0 Å². The number of benzene rings is 1. The lowest BCUT2D eigenvalue weighted by atomic mass is 9.90. The number of nitrogens with zero attached hydrogens (tertiary/aromatic N) is 1. The average molecular weight is 301 g/mol. The third kappa shape index (κ3) is 3.22. The van der Waals surface area contributed by atoms with Gasteiger partial charge in [0.15, 0.2) is 0 Å². The molecule has 0 unspecified atom stereocenters. The van der Waals surface area contributed by atoms with Gasteiger partial charge in [0.1, 0.15) is 0 Å². The number of halogens is 2. The maximum absolute atomic E-state index is 12.5. The summed E-state index contributed by atoms with van der Waals surface area (Å²) in [5, 5.41) is 0.800. The molecule has 1 saturated carbocycles. The van der Waals surface area contributed by atoms with E-state index in [1.807, 2.05) is 7.05 Å². The molecule has 0 atom stereocenters. The van der Waals surface area contributed by atoms with Gasteiger partial charge in [0.2, 0.25) is 0 Å². The number of amides is 1. The molecule has 2 N–H and O–H groups in total. The van der Waals surface area contributed by atoms with Crippen molar-refractivity contribution in [2.75, 3.05) is 7.05 Å². The minimum absolute atomic E-state index is 0.115. The third-order valence-corrected chi connectivity index (χ3v) is 4.42. The standard InChI is InChI=1S/C14H18Cl2N2O/c1-18(10-7-5-9(17)6-8-10)14(19)13-11(15)3-2-4-12(13)16/h2-4,9-10H,5-8,17H2,1H3. The second-order valence-electron chi connectivity index (χ2n) is 5.08. The van der Waals surface area contributed by atoms with Crippen molar-refractivity contribution >= 4 is 29.1 Å². The molecular formula is C14H18Cl2N2O. The predicted molar refractivity (Wildman–Crippen MR) is 78.8 cm³/mol. The molecular weight excluding hydrogens is 283 g/mol. The lowest BCUT2D eigenvalue weighted by Crippen LogP contribution is -2.42. The number of carbonyl (C=O) groups is 1. The van der Waals surface area contributed by atoms with Crippen LogP contribution in [0, 0.1) is 0 Å². The second kappa shape index (κ2) is 6.12. The molecule has 0 saturated heterocycles. The molecule has 3 nitrogen and oxygen atoms in total. The number of hydrogen-bond acceptors (Lipinski definition) is 2. The first-order valence-electron chi connectivity index (χ1n) is 6.47. The summed E-state index contributed by atoms with van der Waals surface area (Å²) >= 11 is 12.2. The van der Waals surface area contributed by atoms with Crippen LogP contribution in [-0.2, 0) is 0 Å². The van der Waals surface area contributed by atoms with Crippen LogP contribution in [0.5, 0.6) is 0 Å². The van der Waals surface area contributed by atoms with E-state index in [2.05, 4.69) is 0 Å². The van der Waals surface area contributed by atoms with Crippen LogP contribution in [0.4, 0.5) is 0 Å². The van der Waals surface area contributed by atoms with Crippen molar-refractivity contribution in [3.8, 4) is 0 Å². The molecule has 1 amide bonds. The summed E-state index contributed by atoms with van der Waals surface area (Å²) in [4.78, 5) is 14.2. The maximum Gasteiger partial charge on any atom is 0.256 e. The minimum atomic E-state index is -0.115. The van der Waals surface area contributed by atoms with E-state index in [1.54, 1.807) is 23.1 Å². The molecule has 0 aromatic heterocycles. The Kier molecular flexibility index (Phi) is 4.71. The zero-order valence-electron chi connectivity index (χ0n) is 10.9. The van der Waals surface area contributed by atoms with Gasteiger partial charge >= 0.3 is 0 Å². The summed E-state index contributed by atoms with van der Waals surface area (Å²) in [6, 6.07) is 5.60. The molecule has 1 aliphatic carbocycles. The summed E-state index contributed by atoms with van der Waals surface area (Å²) < 4.78 is 0. The van der Waals surface area contributed by atoms with Gasteiger partial charge in [-0.1, -0.05) is 29.3 Å². The SMILES string of the molecule is CN(C(=O)c1c(Cl)cccc1Cl)C1CCC(N)CC1. The van der Waals surface area contributed by atoms with Crippen molar-refractivity contribution in [2.45, 2.75) is 37.8 Å².